The Morgan fingerprint density at radius 3 is 2.50 bits per heavy atom. The van der Waals surface area contributed by atoms with E-state index >= 15 is 0 Å². The zero-order valence-electron chi connectivity index (χ0n) is 12.0. The standard InChI is InChI=1S/C16H25NO/c1-5-18-16-10-8-15(9-11-16)14(4)7-6-12-17-13(2)3/h7-11,13,17H,5-6,12H2,1-4H3. The van der Waals surface area contributed by atoms with Gasteiger partial charge in [0.15, 0.2) is 0 Å². The van der Waals surface area contributed by atoms with Gasteiger partial charge in [-0.25, -0.2) is 0 Å². The van der Waals surface area contributed by atoms with Crippen LogP contribution in [0.25, 0.3) is 5.57 Å². The maximum Gasteiger partial charge on any atom is 0.119 e. The minimum atomic E-state index is 0.559. The molecule has 1 rings (SSSR count). The van der Waals surface area contributed by atoms with Gasteiger partial charge in [0.25, 0.3) is 0 Å². The predicted octanol–water partition coefficient (Wildman–Crippen LogP) is 3.88. The van der Waals surface area contributed by atoms with Gasteiger partial charge < -0.3 is 10.1 Å². The van der Waals surface area contributed by atoms with E-state index in [0.717, 1.165) is 25.3 Å². The van der Waals surface area contributed by atoms with Gasteiger partial charge >= 0.3 is 0 Å². The second kappa shape index (κ2) is 7.93. The number of rotatable bonds is 7. The first kappa shape index (κ1) is 14.8. The molecule has 0 amide bonds. The van der Waals surface area contributed by atoms with Gasteiger partial charge in [0.1, 0.15) is 5.75 Å². The molecule has 0 heterocycles. The first-order chi connectivity index (χ1) is 8.63. The van der Waals surface area contributed by atoms with Gasteiger partial charge in [0.2, 0.25) is 0 Å². The summed E-state index contributed by atoms with van der Waals surface area (Å²) in [6.45, 7) is 10.2. The van der Waals surface area contributed by atoms with Crippen molar-refractivity contribution in [1.82, 2.24) is 5.32 Å². The van der Waals surface area contributed by atoms with E-state index in [1.54, 1.807) is 0 Å². The third-order valence-corrected chi connectivity index (χ3v) is 2.77. The fourth-order valence-corrected chi connectivity index (χ4v) is 1.76. The molecule has 0 aliphatic rings. The number of hydrogen-bond donors (Lipinski definition) is 1. The highest BCUT2D eigenvalue weighted by atomic mass is 16.5. The second-order valence-corrected chi connectivity index (χ2v) is 4.74. The molecule has 2 nitrogen and oxygen atoms in total. The molecular weight excluding hydrogens is 222 g/mol. The van der Waals surface area contributed by atoms with Crippen LogP contribution in [0.1, 0.15) is 39.7 Å². The van der Waals surface area contributed by atoms with Crippen molar-refractivity contribution in [3.63, 3.8) is 0 Å². The molecule has 0 unspecified atom stereocenters. The Hall–Kier alpha value is -1.28. The lowest BCUT2D eigenvalue weighted by atomic mass is 10.1. The second-order valence-electron chi connectivity index (χ2n) is 4.74. The molecule has 0 atom stereocenters. The van der Waals surface area contributed by atoms with Crippen molar-refractivity contribution < 1.29 is 4.74 Å². The topological polar surface area (TPSA) is 21.3 Å². The molecular formula is C16H25NO. The summed E-state index contributed by atoms with van der Waals surface area (Å²) in [5.74, 6) is 0.940. The summed E-state index contributed by atoms with van der Waals surface area (Å²) in [7, 11) is 0. The summed E-state index contributed by atoms with van der Waals surface area (Å²) >= 11 is 0. The molecule has 18 heavy (non-hydrogen) atoms. The fourth-order valence-electron chi connectivity index (χ4n) is 1.76. The quantitative estimate of drug-likeness (QED) is 0.738. The van der Waals surface area contributed by atoms with E-state index in [1.165, 1.54) is 11.1 Å². The number of hydrogen-bond acceptors (Lipinski definition) is 2. The van der Waals surface area contributed by atoms with Crippen LogP contribution in [0.15, 0.2) is 30.3 Å². The first-order valence-electron chi connectivity index (χ1n) is 6.77. The van der Waals surface area contributed by atoms with Gasteiger partial charge in [0, 0.05) is 6.04 Å². The molecule has 0 aliphatic heterocycles. The van der Waals surface area contributed by atoms with Crippen LogP contribution in [0.3, 0.4) is 0 Å². The largest absolute Gasteiger partial charge is 0.494 e. The Morgan fingerprint density at radius 2 is 1.94 bits per heavy atom. The molecule has 0 bridgehead atoms. The van der Waals surface area contributed by atoms with Gasteiger partial charge in [-0.2, -0.15) is 0 Å². The summed E-state index contributed by atoms with van der Waals surface area (Å²) < 4.78 is 5.44. The van der Waals surface area contributed by atoms with E-state index in [2.05, 4.69) is 44.3 Å². The monoisotopic (exact) mass is 247 g/mol. The highest BCUT2D eigenvalue weighted by molar-refractivity contribution is 5.64. The van der Waals surface area contributed by atoms with Crippen LogP contribution >= 0.6 is 0 Å². The number of nitrogens with one attached hydrogen (secondary N) is 1. The Morgan fingerprint density at radius 1 is 1.28 bits per heavy atom. The normalized spacial score (nSPS) is 11.9. The molecule has 0 saturated heterocycles. The average Bonchev–Trinajstić information content (AvgIpc) is 2.35. The summed E-state index contributed by atoms with van der Waals surface area (Å²) in [5.41, 5.74) is 2.59. The maximum absolute atomic E-state index is 5.44. The van der Waals surface area contributed by atoms with Gasteiger partial charge in [-0.15, -0.1) is 0 Å². The van der Waals surface area contributed by atoms with Crippen molar-refractivity contribution in [1.29, 1.82) is 0 Å². The summed E-state index contributed by atoms with van der Waals surface area (Å²) in [4.78, 5) is 0. The Labute approximate surface area is 111 Å². The number of allylic oxidation sites excluding steroid dienone is 1. The van der Waals surface area contributed by atoms with E-state index in [4.69, 9.17) is 4.74 Å². The Balaban J connectivity index is 2.49. The third-order valence-electron chi connectivity index (χ3n) is 2.77. The lowest BCUT2D eigenvalue weighted by molar-refractivity contribution is 0.340. The molecule has 100 valence electrons. The molecule has 0 spiro atoms. The van der Waals surface area contributed by atoms with Crippen molar-refractivity contribution in [3.8, 4) is 5.75 Å². The van der Waals surface area contributed by atoms with Crippen LogP contribution < -0.4 is 10.1 Å². The lowest BCUT2D eigenvalue weighted by Gasteiger charge is -2.07. The zero-order valence-corrected chi connectivity index (χ0v) is 12.0. The highest BCUT2D eigenvalue weighted by Crippen LogP contribution is 2.18. The molecule has 0 saturated carbocycles. The van der Waals surface area contributed by atoms with Gasteiger partial charge in [-0.3, -0.25) is 0 Å². The number of ether oxygens (including phenoxy) is 1. The summed E-state index contributed by atoms with van der Waals surface area (Å²) in [6, 6.07) is 8.86. The molecule has 1 aromatic carbocycles. The van der Waals surface area contributed by atoms with Crippen molar-refractivity contribution in [3.05, 3.63) is 35.9 Å². The van der Waals surface area contributed by atoms with Gasteiger partial charge in [-0.05, 0) is 50.1 Å². The molecule has 2 heteroatoms. The zero-order chi connectivity index (χ0) is 13.4. The van der Waals surface area contributed by atoms with Crippen LogP contribution in [0.5, 0.6) is 5.75 Å². The Kier molecular flexibility index (Phi) is 6.51. The van der Waals surface area contributed by atoms with E-state index < -0.39 is 0 Å². The lowest BCUT2D eigenvalue weighted by Crippen LogP contribution is -2.23. The first-order valence-corrected chi connectivity index (χ1v) is 6.77. The maximum atomic E-state index is 5.44. The summed E-state index contributed by atoms with van der Waals surface area (Å²) in [5, 5.41) is 3.41. The van der Waals surface area contributed by atoms with Crippen molar-refractivity contribution in [2.45, 2.75) is 40.2 Å². The smallest absolute Gasteiger partial charge is 0.119 e. The van der Waals surface area contributed by atoms with Crippen molar-refractivity contribution in [2.24, 2.45) is 0 Å². The van der Waals surface area contributed by atoms with Crippen LogP contribution in [-0.2, 0) is 0 Å². The number of benzene rings is 1. The molecule has 1 aromatic rings. The molecule has 1 N–H and O–H groups in total. The molecule has 0 aliphatic carbocycles. The molecule has 0 radical (unpaired) electrons. The minimum absolute atomic E-state index is 0.559. The molecule has 0 fully saturated rings. The SMILES string of the molecule is CCOc1ccc(C(C)=CCCNC(C)C)cc1. The average molecular weight is 247 g/mol. The van der Waals surface area contributed by atoms with E-state index in [-0.39, 0.29) is 0 Å². The van der Waals surface area contributed by atoms with Crippen LogP contribution in [0, 0.1) is 0 Å². The van der Waals surface area contributed by atoms with Crippen LogP contribution in [-0.4, -0.2) is 19.2 Å². The molecule has 0 aromatic heterocycles. The predicted molar refractivity (Wildman–Crippen MR) is 79.0 cm³/mol. The Bertz CT molecular complexity index is 365. The van der Waals surface area contributed by atoms with Crippen molar-refractivity contribution in [2.75, 3.05) is 13.2 Å². The summed E-state index contributed by atoms with van der Waals surface area (Å²) in [6.07, 6.45) is 3.35. The van der Waals surface area contributed by atoms with Crippen molar-refractivity contribution >= 4 is 5.57 Å². The van der Waals surface area contributed by atoms with E-state index in [1.807, 2.05) is 19.1 Å². The van der Waals surface area contributed by atoms with Crippen LogP contribution in [0.2, 0.25) is 0 Å². The van der Waals surface area contributed by atoms with E-state index in [0.29, 0.717) is 6.04 Å². The fraction of sp³-hybridized carbons (Fsp3) is 0.500. The van der Waals surface area contributed by atoms with Gasteiger partial charge in [-0.1, -0.05) is 32.1 Å². The van der Waals surface area contributed by atoms with Crippen LogP contribution in [0.4, 0.5) is 0 Å². The van der Waals surface area contributed by atoms with Gasteiger partial charge in [0.05, 0.1) is 6.61 Å². The highest BCUT2D eigenvalue weighted by Gasteiger charge is 1.97. The minimum Gasteiger partial charge on any atom is -0.494 e. The third kappa shape index (κ3) is 5.37. The van der Waals surface area contributed by atoms with E-state index in [9.17, 15) is 0 Å².